The smallest absolute Gasteiger partial charge is 0.238 e. The molecule has 5 nitrogen and oxygen atoms in total. The highest BCUT2D eigenvalue weighted by atomic mass is 35.5. The zero-order chi connectivity index (χ0) is 27.6. The minimum Gasteiger partial charge on any atom is -0.352 e. The monoisotopic (exact) mass is 544 g/mol. The first-order valence-electron chi connectivity index (χ1n) is 13.3. The Balaban J connectivity index is 1.56. The van der Waals surface area contributed by atoms with Crippen molar-refractivity contribution in [1.82, 2.24) is 0 Å². The largest absolute Gasteiger partial charge is 0.352 e. The van der Waals surface area contributed by atoms with Gasteiger partial charge in [0.1, 0.15) is 11.5 Å². The number of halogens is 1. The van der Waals surface area contributed by atoms with Gasteiger partial charge in [-0.3, -0.25) is 14.4 Å². The van der Waals surface area contributed by atoms with E-state index in [-0.39, 0.29) is 17.5 Å². The summed E-state index contributed by atoms with van der Waals surface area (Å²) in [5, 5.41) is 3.57. The van der Waals surface area contributed by atoms with Gasteiger partial charge < -0.3 is 10.2 Å². The van der Waals surface area contributed by atoms with Crippen molar-refractivity contribution in [2.24, 2.45) is 5.92 Å². The van der Waals surface area contributed by atoms with Crippen LogP contribution in [0, 0.1) is 5.92 Å². The van der Waals surface area contributed by atoms with Crippen LogP contribution in [0.2, 0.25) is 5.02 Å². The number of carbonyl (C=O) groups excluding carboxylic acids is 3. The van der Waals surface area contributed by atoms with Crippen molar-refractivity contribution in [3.8, 4) is 0 Å². The summed E-state index contributed by atoms with van der Waals surface area (Å²) >= 11 is 6.17. The average molecular weight is 545 g/mol. The molecular weight excluding hydrogens is 520 g/mol. The Bertz CT molecular complexity index is 1730. The van der Waals surface area contributed by atoms with Crippen LogP contribution in [-0.4, -0.2) is 29.6 Å². The summed E-state index contributed by atoms with van der Waals surface area (Å²) in [4.78, 5) is 45.7. The fraction of sp³-hybridized carbons (Fsp3) is 0.147. The molecule has 1 N–H and O–H groups in total. The lowest BCUT2D eigenvalue weighted by atomic mass is 9.64. The lowest BCUT2D eigenvalue weighted by molar-refractivity contribution is -0.121. The predicted molar refractivity (Wildman–Crippen MR) is 157 cm³/mol. The Morgan fingerprint density at radius 1 is 0.800 bits per heavy atom. The van der Waals surface area contributed by atoms with Gasteiger partial charge in [-0.25, -0.2) is 0 Å². The zero-order valence-electron chi connectivity index (χ0n) is 21.7. The van der Waals surface area contributed by atoms with E-state index in [4.69, 9.17) is 11.6 Å². The van der Waals surface area contributed by atoms with E-state index in [1.807, 2.05) is 78.6 Å². The van der Waals surface area contributed by atoms with E-state index >= 15 is 0 Å². The number of rotatable bonds is 4. The van der Waals surface area contributed by atoms with Gasteiger partial charge in [-0.05, 0) is 54.5 Å². The fourth-order valence-corrected chi connectivity index (χ4v) is 7.08. The molecule has 0 aromatic heterocycles. The fourth-order valence-electron chi connectivity index (χ4n) is 6.95. The number of ketones is 2. The topological polar surface area (TPSA) is 66.5 Å². The third-order valence-corrected chi connectivity index (χ3v) is 8.87. The first-order chi connectivity index (χ1) is 19.4. The number of hydrogen-bond acceptors (Lipinski definition) is 4. The summed E-state index contributed by atoms with van der Waals surface area (Å²) in [5.74, 6) is -1.75. The Morgan fingerprint density at radius 3 is 2.23 bits per heavy atom. The highest BCUT2D eigenvalue weighted by Crippen LogP contribution is 2.58. The number of fused-ring (bicyclic) bond motifs is 6. The molecule has 0 radical (unpaired) electrons. The summed E-state index contributed by atoms with van der Waals surface area (Å²) in [6.45, 7) is 2.02. The van der Waals surface area contributed by atoms with Crippen LogP contribution in [0.1, 0.15) is 38.8 Å². The van der Waals surface area contributed by atoms with Crippen molar-refractivity contribution in [1.29, 1.82) is 0 Å². The predicted octanol–water partition coefficient (Wildman–Crippen LogP) is 6.59. The van der Waals surface area contributed by atoms with Crippen LogP contribution in [0.5, 0.6) is 0 Å². The van der Waals surface area contributed by atoms with Crippen LogP contribution in [0.4, 0.5) is 11.4 Å². The number of Topliss-reactive ketones (excluding diaryl/α,β-unsaturated/α-hetero) is 2. The van der Waals surface area contributed by atoms with Gasteiger partial charge in [-0.15, -0.1) is 0 Å². The molecule has 3 heterocycles. The number of hydrogen-bond donors (Lipinski definition) is 1. The molecule has 7 rings (SSSR count). The van der Waals surface area contributed by atoms with E-state index in [1.54, 1.807) is 36.4 Å². The number of amides is 1. The minimum atomic E-state index is -1.34. The molecule has 196 valence electrons. The maximum absolute atomic E-state index is 14.7. The second-order valence-electron chi connectivity index (χ2n) is 10.6. The molecule has 4 atom stereocenters. The lowest BCUT2D eigenvalue weighted by Gasteiger charge is -2.39. The highest BCUT2D eigenvalue weighted by Gasteiger charge is 2.70. The standard InChI is InChI=1S/C34H25ClN2O3/c1-20-19-28-34(25-12-6-7-13-26(25)36-33(34)40)29(31(38)22-15-17-23(35)18-16-22)30(32(39)21-9-3-2-4-10-21)37(28)27-14-8-5-11-24(20)27/h2-19,28-30H,1H3,(H,36,40)/t28-,29-,30-,34+/m0/s1. The number of nitrogens with zero attached hydrogens (tertiary/aromatic N) is 1. The van der Waals surface area contributed by atoms with Crippen LogP contribution in [-0.2, 0) is 10.2 Å². The first kappa shape index (κ1) is 24.6. The molecule has 40 heavy (non-hydrogen) atoms. The van der Waals surface area contributed by atoms with Crippen LogP contribution >= 0.6 is 11.6 Å². The van der Waals surface area contributed by atoms with Gasteiger partial charge >= 0.3 is 0 Å². The van der Waals surface area contributed by atoms with Crippen LogP contribution in [0.25, 0.3) is 5.57 Å². The van der Waals surface area contributed by atoms with Gasteiger partial charge in [0.05, 0.1) is 12.0 Å². The van der Waals surface area contributed by atoms with Gasteiger partial charge in [0.2, 0.25) is 5.91 Å². The Morgan fingerprint density at radius 2 is 1.45 bits per heavy atom. The molecule has 0 aliphatic carbocycles. The summed E-state index contributed by atoms with van der Waals surface area (Å²) in [5.41, 5.74) is 3.78. The Labute approximate surface area is 237 Å². The van der Waals surface area contributed by atoms with E-state index in [0.29, 0.717) is 21.8 Å². The highest BCUT2D eigenvalue weighted by molar-refractivity contribution is 6.30. The van der Waals surface area contributed by atoms with Gasteiger partial charge in [0.25, 0.3) is 0 Å². The number of carbonyl (C=O) groups is 3. The maximum Gasteiger partial charge on any atom is 0.238 e. The molecule has 0 unspecified atom stereocenters. The Hall–Kier alpha value is -4.48. The Kier molecular flexibility index (Phi) is 5.55. The van der Waals surface area contributed by atoms with Gasteiger partial charge in [0.15, 0.2) is 11.6 Å². The van der Waals surface area contributed by atoms with Crippen molar-refractivity contribution in [2.75, 3.05) is 10.2 Å². The van der Waals surface area contributed by atoms with E-state index in [2.05, 4.69) is 11.4 Å². The summed E-state index contributed by atoms with van der Waals surface area (Å²) in [6.07, 6.45) is 2.06. The third kappa shape index (κ3) is 3.31. The van der Waals surface area contributed by atoms with Crippen LogP contribution in [0.3, 0.4) is 0 Å². The number of para-hydroxylation sites is 2. The molecule has 1 amide bonds. The summed E-state index contributed by atoms with van der Waals surface area (Å²) in [7, 11) is 0. The molecule has 3 aliphatic heterocycles. The summed E-state index contributed by atoms with van der Waals surface area (Å²) in [6, 6.07) is 29.6. The van der Waals surface area contributed by atoms with E-state index < -0.39 is 23.4 Å². The number of nitrogens with one attached hydrogen (secondary N) is 1. The quantitative estimate of drug-likeness (QED) is 0.294. The van der Waals surface area contributed by atoms with Crippen molar-refractivity contribution in [3.05, 3.63) is 136 Å². The van der Waals surface area contributed by atoms with E-state index in [0.717, 1.165) is 22.4 Å². The molecule has 0 saturated carbocycles. The number of benzene rings is 4. The van der Waals surface area contributed by atoms with Crippen molar-refractivity contribution in [3.63, 3.8) is 0 Å². The molecule has 4 aromatic rings. The van der Waals surface area contributed by atoms with E-state index in [1.165, 1.54) is 0 Å². The molecule has 4 aromatic carbocycles. The third-order valence-electron chi connectivity index (χ3n) is 8.62. The molecule has 3 aliphatic rings. The van der Waals surface area contributed by atoms with E-state index in [9.17, 15) is 14.4 Å². The second-order valence-corrected chi connectivity index (χ2v) is 11.0. The lowest BCUT2D eigenvalue weighted by Crippen LogP contribution is -2.51. The average Bonchev–Trinajstić information content (AvgIpc) is 3.45. The molecule has 1 spiro atoms. The van der Waals surface area contributed by atoms with Crippen molar-refractivity contribution < 1.29 is 14.4 Å². The second kappa shape index (κ2) is 9.04. The molecular formula is C34H25ClN2O3. The normalized spacial score (nSPS) is 24.1. The van der Waals surface area contributed by atoms with Crippen LogP contribution < -0.4 is 10.2 Å². The number of allylic oxidation sites excluding steroid dienone is 1. The first-order valence-corrected chi connectivity index (χ1v) is 13.7. The molecule has 6 heteroatoms. The zero-order valence-corrected chi connectivity index (χ0v) is 22.4. The van der Waals surface area contributed by atoms with Gasteiger partial charge in [-0.1, -0.05) is 84.4 Å². The number of anilines is 2. The summed E-state index contributed by atoms with van der Waals surface area (Å²) < 4.78 is 0. The van der Waals surface area contributed by atoms with Gasteiger partial charge in [-0.2, -0.15) is 0 Å². The van der Waals surface area contributed by atoms with Crippen molar-refractivity contribution in [2.45, 2.75) is 24.4 Å². The molecule has 1 saturated heterocycles. The maximum atomic E-state index is 14.7. The minimum absolute atomic E-state index is 0.199. The SMILES string of the molecule is CC1=C[C@@H]2N(c3ccccc31)[C@H](C(=O)c1ccccc1)[C@@H](C(=O)c1ccc(Cl)cc1)[C@]21C(=O)Nc2ccccc21. The molecule has 1 fully saturated rings. The van der Waals surface area contributed by atoms with Gasteiger partial charge in [0, 0.05) is 33.1 Å². The van der Waals surface area contributed by atoms with Crippen LogP contribution in [0.15, 0.2) is 109 Å². The molecule has 0 bridgehead atoms. The van der Waals surface area contributed by atoms with Crippen molar-refractivity contribution >= 4 is 46.0 Å².